The Kier molecular flexibility index (Phi) is 6.58. The predicted molar refractivity (Wildman–Crippen MR) is 125 cm³/mol. The summed E-state index contributed by atoms with van der Waals surface area (Å²) < 4.78 is 31.2. The van der Waals surface area contributed by atoms with E-state index in [0.717, 1.165) is 40.2 Å². The summed E-state index contributed by atoms with van der Waals surface area (Å²) in [4.78, 5) is 28.5. The number of fused-ring (bicyclic) bond motifs is 2. The molecule has 0 radical (unpaired) electrons. The first-order valence-corrected chi connectivity index (χ1v) is 10.5. The maximum Gasteiger partial charge on any atom is 0.446 e. The van der Waals surface area contributed by atoms with E-state index in [2.05, 4.69) is 63.8 Å². The van der Waals surface area contributed by atoms with Crippen molar-refractivity contribution < 1.29 is 22.8 Å². The first kappa shape index (κ1) is 23.0. The van der Waals surface area contributed by atoms with Crippen molar-refractivity contribution in [2.45, 2.75) is 12.6 Å². The lowest BCUT2D eigenvalue weighted by Gasteiger charge is -2.10. The molecule has 8 heteroatoms. The lowest BCUT2D eigenvalue weighted by Crippen LogP contribution is -2.31. The fourth-order valence-corrected chi connectivity index (χ4v) is 3.65. The van der Waals surface area contributed by atoms with Crippen LogP contribution in [0.25, 0.3) is 34.2 Å². The molecule has 0 saturated heterocycles. The van der Waals surface area contributed by atoms with Gasteiger partial charge in [-0.2, -0.15) is 13.2 Å². The van der Waals surface area contributed by atoms with Crippen LogP contribution in [0.5, 0.6) is 0 Å². The number of aromatic nitrogens is 2. The van der Waals surface area contributed by atoms with Crippen molar-refractivity contribution in [3.05, 3.63) is 89.4 Å². The van der Waals surface area contributed by atoms with E-state index in [1.54, 1.807) is 6.20 Å². The molecule has 0 saturated carbocycles. The molecule has 0 spiro atoms. The molecule has 1 amide bonds. The number of nitrogens with one attached hydrogen (secondary N) is 2. The number of pyridine rings is 1. The molecule has 4 aromatic rings. The van der Waals surface area contributed by atoms with Crippen LogP contribution in [-0.4, -0.2) is 34.9 Å². The standard InChI is InChI=1S/C24H19N3O.C2HF3O/c28-24-21-15-23(27-22(21)10-12-26-24)19-9-11-25-20(14-19)8-6-16-5-7-17-3-1-2-4-18(17)13-16;3-2(4,5)1-6/h1-9,11,13-15,27H,10,12H2,(H,26,28);1H/b8-6+;. The smallest absolute Gasteiger partial charge is 0.358 e. The zero-order valence-corrected chi connectivity index (χ0v) is 17.9. The summed E-state index contributed by atoms with van der Waals surface area (Å²) in [5, 5.41) is 5.34. The third-order valence-electron chi connectivity index (χ3n) is 5.25. The fraction of sp³-hybridized carbons (Fsp3) is 0.115. The minimum atomic E-state index is -4.64. The van der Waals surface area contributed by atoms with Gasteiger partial charge in [-0.3, -0.25) is 14.6 Å². The molecule has 34 heavy (non-hydrogen) atoms. The summed E-state index contributed by atoms with van der Waals surface area (Å²) in [5.74, 6) is -0.00534. The van der Waals surface area contributed by atoms with Gasteiger partial charge in [0.1, 0.15) is 0 Å². The normalized spacial score (nSPS) is 13.2. The first-order chi connectivity index (χ1) is 16.3. The SMILES string of the molecule is O=C1NCCc2[nH]c(-c3ccnc(/C=C/c4ccc5ccccc5c4)c3)cc21.O=CC(F)(F)F. The number of aromatic amines is 1. The molecule has 5 rings (SSSR count). The number of H-pyrrole nitrogens is 1. The summed E-state index contributed by atoms with van der Waals surface area (Å²) in [6, 6.07) is 20.7. The van der Waals surface area contributed by atoms with Gasteiger partial charge in [0.05, 0.1) is 11.3 Å². The molecule has 0 atom stereocenters. The van der Waals surface area contributed by atoms with Gasteiger partial charge < -0.3 is 10.3 Å². The molecule has 0 fully saturated rings. The third kappa shape index (κ3) is 5.58. The van der Waals surface area contributed by atoms with Crippen molar-refractivity contribution in [2.24, 2.45) is 0 Å². The van der Waals surface area contributed by atoms with Gasteiger partial charge in [0.25, 0.3) is 5.91 Å². The van der Waals surface area contributed by atoms with E-state index in [-0.39, 0.29) is 5.91 Å². The van der Waals surface area contributed by atoms with Crippen molar-refractivity contribution in [2.75, 3.05) is 6.54 Å². The topological polar surface area (TPSA) is 74.8 Å². The van der Waals surface area contributed by atoms with Gasteiger partial charge in [0.15, 0.2) is 0 Å². The van der Waals surface area contributed by atoms with E-state index in [1.165, 1.54) is 10.8 Å². The number of carbonyl (C=O) groups is 2. The second-order valence-corrected chi connectivity index (χ2v) is 7.65. The molecule has 2 aromatic heterocycles. The van der Waals surface area contributed by atoms with Gasteiger partial charge in [-0.15, -0.1) is 0 Å². The van der Waals surface area contributed by atoms with E-state index in [4.69, 9.17) is 4.79 Å². The van der Waals surface area contributed by atoms with Crippen LogP contribution < -0.4 is 5.32 Å². The number of rotatable bonds is 3. The van der Waals surface area contributed by atoms with Gasteiger partial charge in [-0.1, -0.05) is 42.5 Å². The highest BCUT2D eigenvalue weighted by atomic mass is 19.4. The molecule has 2 N–H and O–H groups in total. The Morgan fingerprint density at radius 1 is 0.941 bits per heavy atom. The van der Waals surface area contributed by atoms with Crippen molar-refractivity contribution >= 4 is 35.1 Å². The molecular weight excluding hydrogens is 443 g/mol. The molecule has 1 aliphatic rings. The molecule has 0 bridgehead atoms. The Morgan fingerprint density at radius 3 is 2.44 bits per heavy atom. The number of amides is 1. The molecule has 0 unspecified atom stereocenters. The molecule has 0 aliphatic carbocycles. The first-order valence-electron chi connectivity index (χ1n) is 10.5. The van der Waals surface area contributed by atoms with Crippen molar-refractivity contribution in [1.82, 2.24) is 15.3 Å². The molecule has 5 nitrogen and oxygen atoms in total. The average Bonchev–Trinajstić information content (AvgIpc) is 3.29. The largest absolute Gasteiger partial charge is 0.446 e. The third-order valence-corrected chi connectivity index (χ3v) is 5.25. The van der Waals surface area contributed by atoms with Crippen molar-refractivity contribution in [1.29, 1.82) is 0 Å². The number of carbonyl (C=O) groups excluding carboxylic acids is 2. The molecule has 172 valence electrons. The Bertz CT molecular complexity index is 1370. The van der Waals surface area contributed by atoms with Crippen LogP contribution >= 0.6 is 0 Å². The minimum Gasteiger partial charge on any atom is -0.358 e. The minimum absolute atomic E-state index is 0.00534. The van der Waals surface area contributed by atoms with Crippen LogP contribution in [0.1, 0.15) is 27.3 Å². The van der Waals surface area contributed by atoms with Crippen LogP contribution in [0.15, 0.2) is 66.9 Å². The van der Waals surface area contributed by atoms with E-state index >= 15 is 0 Å². The highest BCUT2D eigenvalue weighted by molar-refractivity contribution is 5.97. The van der Waals surface area contributed by atoms with Gasteiger partial charge >= 0.3 is 6.18 Å². The van der Waals surface area contributed by atoms with Gasteiger partial charge in [0.2, 0.25) is 6.29 Å². The highest BCUT2D eigenvalue weighted by Crippen LogP contribution is 2.25. The van der Waals surface area contributed by atoms with Gasteiger partial charge in [-0.25, -0.2) is 0 Å². The average molecular weight is 463 g/mol. The number of aldehydes is 1. The second kappa shape index (κ2) is 9.74. The lowest BCUT2D eigenvalue weighted by atomic mass is 10.1. The van der Waals surface area contributed by atoms with Crippen LogP contribution in [0.2, 0.25) is 0 Å². The van der Waals surface area contributed by atoms with Crippen molar-refractivity contribution in [3.63, 3.8) is 0 Å². The number of hydrogen-bond acceptors (Lipinski definition) is 3. The predicted octanol–water partition coefficient (Wildman–Crippen LogP) is 5.43. The molecule has 2 aromatic carbocycles. The highest BCUT2D eigenvalue weighted by Gasteiger charge is 2.25. The summed E-state index contributed by atoms with van der Waals surface area (Å²) >= 11 is 0. The van der Waals surface area contributed by atoms with E-state index in [1.807, 2.05) is 24.3 Å². The fourth-order valence-electron chi connectivity index (χ4n) is 3.65. The zero-order valence-electron chi connectivity index (χ0n) is 17.9. The Morgan fingerprint density at radius 2 is 1.71 bits per heavy atom. The quantitative estimate of drug-likeness (QED) is 0.398. The van der Waals surface area contributed by atoms with Gasteiger partial charge in [-0.05, 0) is 46.7 Å². The summed E-state index contributed by atoms with van der Waals surface area (Å²) in [7, 11) is 0. The van der Waals surface area contributed by atoms with E-state index in [9.17, 15) is 18.0 Å². The van der Waals surface area contributed by atoms with E-state index < -0.39 is 12.5 Å². The maximum atomic E-state index is 12.0. The van der Waals surface area contributed by atoms with Crippen LogP contribution in [-0.2, 0) is 11.2 Å². The van der Waals surface area contributed by atoms with Crippen LogP contribution in [0.3, 0.4) is 0 Å². The number of halogens is 3. The monoisotopic (exact) mass is 463 g/mol. The summed E-state index contributed by atoms with van der Waals surface area (Å²) in [6.45, 7) is 0.682. The lowest BCUT2D eigenvalue weighted by molar-refractivity contribution is -0.156. The van der Waals surface area contributed by atoms with Crippen LogP contribution in [0.4, 0.5) is 13.2 Å². The number of nitrogens with zero attached hydrogens (tertiary/aromatic N) is 1. The molecule has 1 aliphatic heterocycles. The number of alkyl halides is 3. The Labute approximate surface area is 193 Å². The van der Waals surface area contributed by atoms with Crippen LogP contribution in [0, 0.1) is 0 Å². The number of benzene rings is 2. The molecule has 3 heterocycles. The second-order valence-electron chi connectivity index (χ2n) is 7.65. The summed E-state index contributed by atoms with van der Waals surface area (Å²) in [6.07, 6.45) is 1.03. The van der Waals surface area contributed by atoms with E-state index in [0.29, 0.717) is 6.54 Å². The zero-order chi connectivity index (χ0) is 24.1. The van der Waals surface area contributed by atoms with Gasteiger partial charge in [0, 0.05) is 36.1 Å². The number of hydrogen-bond donors (Lipinski definition) is 2. The molecular formula is C26H20F3N3O2. The Balaban J connectivity index is 0.000000408. The van der Waals surface area contributed by atoms with Crippen molar-refractivity contribution in [3.8, 4) is 11.3 Å². The Hall–Kier alpha value is -4.20. The summed E-state index contributed by atoms with van der Waals surface area (Å²) in [5.41, 5.74) is 5.73. The maximum absolute atomic E-state index is 12.0.